The predicted octanol–water partition coefficient (Wildman–Crippen LogP) is 2.61. The second-order valence-electron chi connectivity index (χ2n) is 7.07. The van der Waals surface area contributed by atoms with Gasteiger partial charge in [-0.1, -0.05) is 17.7 Å². The smallest absolute Gasteiger partial charge is 0.266 e. The Morgan fingerprint density at radius 2 is 1.77 bits per heavy atom. The van der Waals surface area contributed by atoms with E-state index in [2.05, 4.69) is 17.9 Å². The van der Waals surface area contributed by atoms with Crippen molar-refractivity contribution >= 4 is 24.2 Å². The van der Waals surface area contributed by atoms with Crippen molar-refractivity contribution in [3.8, 4) is 6.07 Å². The van der Waals surface area contributed by atoms with Crippen LogP contribution in [0.15, 0.2) is 34.9 Å². The van der Waals surface area contributed by atoms with Gasteiger partial charge >= 0.3 is 0 Å². The minimum absolute atomic E-state index is 0.0354. The van der Waals surface area contributed by atoms with Crippen molar-refractivity contribution in [2.24, 2.45) is 0 Å². The molecule has 1 aliphatic carbocycles. The minimum Gasteiger partial charge on any atom is -0.348 e. The summed E-state index contributed by atoms with van der Waals surface area (Å²) in [7, 11) is 0. The Hall–Kier alpha value is -2.01. The van der Waals surface area contributed by atoms with Gasteiger partial charge in [0.2, 0.25) is 0 Å². The van der Waals surface area contributed by atoms with Crippen molar-refractivity contribution in [2.45, 2.75) is 44.1 Å². The number of thiol groups is 1. The van der Waals surface area contributed by atoms with Crippen LogP contribution < -0.4 is 10.2 Å². The van der Waals surface area contributed by atoms with Crippen LogP contribution in [0, 0.1) is 18.3 Å². The first-order valence-electron chi connectivity index (χ1n) is 8.79. The highest BCUT2D eigenvalue weighted by Crippen LogP contribution is 2.46. The fourth-order valence-electron chi connectivity index (χ4n) is 4.09. The fraction of sp³-hybridized carbons (Fsp3) is 0.474. The van der Waals surface area contributed by atoms with Crippen LogP contribution in [0.4, 0.5) is 5.69 Å². The Bertz CT molecular complexity index is 796. The Morgan fingerprint density at radius 1 is 1.15 bits per heavy atom. The van der Waals surface area contributed by atoms with Crippen LogP contribution in [0.3, 0.4) is 0 Å². The van der Waals surface area contributed by atoms with Crippen LogP contribution in [-0.4, -0.2) is 30.6 Å². The number of nitrogens with one attached hydrogen (secondary N) is 1. The third-order valence-corrected chi connectivity index (χ3v) is 5.92. The summed E-state index contributed by atoms with van der Waals surface area (Å²) in [5.41, 5.74) is 1.44. The molecule has 0 unspecified atom stereocenters. The van der Waals surface area contributed by atoms with Crippen LogP contribution in [0.1, 0.15) is 31.2 Å². The van der Waals surface area contributed by atoms with Gasteiger partial charge in [-0.25, -0.2) is 0 Å². The van der Waals surface area contributed by atoms with E-state index in [9.17, 15) is 10.1 Å². The van der Waals surface area contributed by atoms with Crippen LogP contribution in [0.5, 0.6) is 0 Å². The first-order chi connectivity index (χ1) is 12.5. The summed E-state index contributed by atoms with van der Waals surface area (Å²) in [5, 5.41) is 12.9. The highest BCUT2D eigenvalue weighted by Gasteiger charge is 2.52. The molecule has 1 amide bonds. The number of benzene rings is 1. The van der Waals surface area contributed by atoms with E-state index in [4.69, 9.17) is 9.47 Å². The molecule has 0 atom stereocenters. The molecule has 7 heteroatoms. The zero-order valence-corrected chi connectivity index (χ0v) is 15.5. The number of carbonyl (C=O) groups excluding carboxylic acids is 1. The number of nitriles is 1. The molecule has 26 heavy (non-hydrogen) atoms. The second kappa shape index (κ2) is 6.31. The standard InChI is InChI=1S/C19H21N3O3S/c1-13-2-4-14(5-3-13)22-17(26)15(12-20)16(23)21-18(22)6-8-19(9-7-18)24-10-11-25-19/h2-5,26H,6-11H2,1H3,(H,21,23). The number of hydrogen-bond acceptors (Lipinski definition) is 6. The molecule has 2 aliphatic heterocycles. The maximum Gasteiger partial charge on any atom is 0.266 e. The fourth-order valence-corrected chi connectivity index (χ4v) is 4.55. The normalized spacial score (nSPS) is 24.0. The van der Waals surface area contributed by atoms with E-state index in [0.29, 0.717) is 43.9 Å². The molecule has 1 N–H and O–H groups in total. The molecule has 4 rings (SSSR count). The summed E-state index contributed by atoms with van der Waals surface area (Å²) >= 11 is 4.57. The first-order valence-corrected chi connectivity index (χ1v) is 9.24. The average molecular weight is 371 g/mol. The lowest BCUT2D eigenvalue weighted by molar-refractivity contribution is -0.186. The van der Waals surface area contributed by atoms with Gasteiger partial charge in [-0.2, -0.15) is 5.26 Å². The summed E-state index contributed by atoms with van der Waals surface area (Å²) in [4.78, 5) is 14.5. The zero-order chi connectivity index (χ0) is 18.4. The van der Waals surface area contributed by atoms with E-state index in [1.807, 2.05) is 42.2 Å². The number of anilines is 1. The number of carbonyl (C=O) groups is 1. The third kappa shape index (κ3) is 2.69. The lowest BCUT2D eigenvalue weighted by atomic mass is 9.82. The maximum atomic E-state index is 12.5. The summed E-state index contributed by atoms with van der Waals surface area (Å²) < 4.78 is 11.7. The van der Waals surface area contributed by atoms with E-state index in [1.165, 1.54) is 0 Å². The number of ether oxygens (including phenoxy) is 2. The Kier molecular flexibility index (Phi) is 4.22. The quantitative estimate of drug-likeness (QED) is 0.743. The van der Waals surface area contributed by atoms with Crippen LogP contribution in [0.25, 0.3) is 0 Å². The molecular weight excluding hydrogens is 350 g/mol. The monoisotopic (exact) mass is 371 g/mol. The average Bonchev–Trinajstić information content (AvgIpc) is 3.08. The molecule has 2 heterocycles. The van der Waals surface area contributed by atoms with Crippen molar-refractivity contribution < 1.29 is 14.3 Å². The van der Waals surface area contributed by atoms with Gasteiger partial charge in [0, 0.05) is 18.5 Å². The van der Waals surface area contributed by atoms with Crippen molar-refractivity contribution in [3.05, 3.63) is 40.4 Å². The highest BCUT2D eigenvalue weighted by molar-refractivity contribution is 7.84. The van der Waals surface area contributed by atoms with Crippen molar-refractivity contribution in [1.29, 1.82) is 5.26 Å². The number of hydrogen-bond donors (Lipinski definition) is 2. The van der Waals surface area contributed by atoms with E-state index in [-0.39, 0.29) is 11.5 Å². The summed E-state index contributed by atoms with van der Waals surface area (Å²) in [5.74, 6) is -0.907. The van der Waals surface area contributed by atoms with Gasteiger partial charge in [0.1, 0.15) is 17.3 Å². The van der Waals surface area contributed by atoms with Crippen molar-refractivity contribution in [3.63, 3.8) is 0 Å². The lowest BCUT2D eigenvalue weighted by Gasteiger charge is -2.52. The Morgan fingerprint density at radius 3 is 2.35 bits per heavy atom. The molecule has 0 bridgehead atoms. The van der Waals surface area contributed by atoms with E-state index in [1.54, 1.807) is 0 Å². The molecule has 1 saturated heterocycles. The lowest BCUT2D eigenvalue weighted by Crippen LogP contribution is -2.66. The van der Waals surface area contributed by atoms with Gasteiger partial charge < -0.3 is 19.7 Å². The molecule has 0 aromatic heterocycles. The molecule has 2 fully saturated rings. The van der Waals surface area contributed by atoms with Crippen molar-refractivity contribution in [2.75, 3.05) is 18.1 Å². The predicted molar refractivity (Wildman–Crippen MR) is 99.3 cm³/mol. The van der Waals surface area contributed by atoms with Crippen molar-refractivity contribution in [1.82, 2.24) is 5.32 Å². The van der Waals surface area contributed by atoms with Crippen LogP contribution in [0.2, 0.25) is 0 Å². The van der Waals surface area contributed by atoms with Crippen LogP contribution >= 0.6 is 12.6 Å². The van der Waals surface area contributed by atoms with Gasteiger partial charge in [-0.05, 0) is 31.9 Å². The minimum atomic E-state index is -0.635. The molecule has 1 saturated carbocycles. The summed E-state index contributed by atoms with van der Waals surface area (Å²) in [6.45, 7) is 3.24. The molecule has 3 aliphatic rings. The zero-order valence-electron chi connectivity index (χ0n) is 14.6. The molecule has 1 aromatic rings. The van der Waals surface area contributed by atoms with E-state index >= 15 is 0 Å². The third-order valence-electron chi connectivity index (χ3n) is 5.49. The Labute approximate surface area is 158 Å². The van der Waals surface area contributed by atoms with E-state index < -0.39 is 11.4 Å². The topological polar surface area (TPSA) is 74.6 Å². The molecule has 136 valence electrons. The number of rotatable bonds is 1. The van der Waals surface area contributed by atoms with E-state index in [0.717, 1.165) is 11.3 Å². The van der Waals surface area contributed by atoms with Gasteiger partial charge in [-0.3, -0.25) is 4.79 Å². The molecular formula is C19H21N3O3S. The maximum absolute atomic E-state index is 12.5. The number of aryl methyl sites for hydroxylation is 1. The van der Waals surface area contributed by atoms with Gasteiger partial charge in [0.15, 0.2) is 5.79 Å². The molecule has 1 aromatic carbocycles. The number of amides is 1. The van der Waals surface area contributed by atoms with Gasteiger partial charge in [0.25, 0.3) is 5.91 Å². The van der Waals surface area contributed by atoms with Gasteiger partial charge in [0.05, 0.1) is 18.2 Å². The molecule has 6 nitrogen and oxygen atoms in total. The summed E-state index contributed by atoms with van der Waals surface area (Å²) in [6.07, 6.45) is 2.65. The largest absolute Gasteiger partial charge is 0.348 e. The Balaban J connectivity index is 1.75. The molecule has 2 spiro atoms. The number of nitrogens with zero attached hydrogens (tertiary/aromatic N) is 2. The van der Waals surface area contributed by atoms with Gasteiger partial charge in [-0.15, -0.1) is 12.6 Å². The van der Waals surface area contributed by atoms with Crippen LogP contribution in [-0.2, 0) is 14.3 Å². The first kappa shape index (κ1) is 17.4. The highest BCUT2D eigenvalue weighted by atomic mass is 32.1. The SMILES string of the molecule is Cc1ccc(N2C(S)=C(C#N)C(=O)NC23CCC2(CC3)OCCO2)cc1. The summed E-state index contributed by atoms with van der Waals surface area (Å²) in [6, 6.07) is 10.00. The molecule has 0 radical (unpaired) electrons. The second-order valence-corrected chi connectivity index (χ2v) is 7.50.